The van der Waals surface area contributed by atoms with Crippen LogP contribution in [0.15, 0.2) is 46.8 Å². The van der Waals surface area contributed by atoms with E-state index in [-0.39, 0.29) is 35.7 Å². The van der Waals surface area contributed by atoms with Crippen LogP contribution in [-0.2, 0) is 14.3 Å². The Labute approximate surface area is 261 Å². The summed E-state index contributed by atoms with van der Waals surface area (Å²) in [4.78, 5) is 43.4. The summed E-state index contributed by atoms with van der Waals surface area (Å²) < 4.78 is 18.1. The van der Waals surface area contributed by atoms with Crippen LogP contribution in [0.3, 0.4) is 0 Å². The van der Waals surface area contributed by atoms with Crippen molar-refractivity contribution in [3.63, 3.8) is 0 Å². The van der Waals surface area contributed by atoms with Crippen molar-refractivity contribution in [2.24, 2.45) is 22.7 Å². The quantitative estimate of drug-likeness (QED) is 0.250. The minimum absolute atomic E-state index is 0.0507. The van der Waals surface area contributed by atoms with Crippen LogP contribution in [0, 0.1) is 17.8 Å². The Hall–Kier alpha value is -3.79. The van der Waals surface area contributed by atoms with Crippen LogP contribution in [0.1, 0.15) is 64.0 Å². The van der Waals surface area contributed by atoms with E-state index in [1.54, 1.807) is 18.4 Å². The molecule has 0 N–H and O–H groups in total. The molecule has 44 heavy (non-hydrogen) atoms. The number of nitrogens with zero attached hydrogens (tertiary/aromatic N) is 4. The smallest absolute Gasteiger partial charge is 0.341 e. The third-order valence-corrected chi connectivity index (χ3v) is 10.3. The largest absolute Gasteiger partial charge is 0.497 e. The van der Waals surface area contributed by atoms with Gasteiger partial charge in [-0.15, -0.1) is 11.3 Å². The van der Waals surface area contributed by atoms with Gasteiger partial charge in [0.1, 0.15) is 28.3 Å². The number of rotatable bonds is 5. The van der Waals surface area contributed by atoms with Crippen molar-refractivity contribution in [1.82, 2.24) is 14.9 Å². The number of carbonyl (C=O) groups excluding carboxylic acids is 2. The van der Waals surface area contributed by atoms with Crippen molar-refractivity contribution < 1.29 is 23.8 Å². The number of carbonyl (C=O) groups is 2. The van der Waals surface area contributed by atoms with Gasteiger partial charge in [0.05, 0.1) is 30.2 Å². The molecular formula is C34H38N4O5S. The summed E-state index contributed by atoms with van der Waals surface area (Å²) in [5.41, 5.74) is 1.69. The molecule has 0 unspecified atom stereocenters. The van der Waals surface area contributed by atoms with Crippen molar-refractivity contribution >= 4 is 40.0 Å². The van der Waals surface area contributed by atoms with Gasteiger partial charge < -0.3 is 19.1 Å². The van der Waals surface area contributed by atoms with E-state index in [1.165, 1.54) is 0 Å². The number of methoxy groups -OCH3 is 1. The molecule has 5 atom stereocenters. The van der Waals surface area contributed by atoms with Crippen molar-refractivity contribution in [2.75, 3.05) is 20.7 Å². The first-order valence-electron chi connectivity index (χ1n) is 15.6. The van der Waals surface area contributed by atoms with E-state index in [0.717, 1.165) is 46.6 Å². The predicted octanol–water partition coefficient (Wildman–Crippen LogP) is 6.18. The minimum Gasteiger partial charge on any atom is -0.497 e. The van der Waals surface area contributed by atoms with E-state index < -0.39 is 5.54 Å². The lowest BCUT2D eigenvalue weighted by molar-refractivity contribution is -0.138. The van der Waals surface area contributed by atoms with Gasteiger partial charge in [-0.05, 0) is 56.6 Å². The van der Waals surface area contributed by atoms with Crippen LogP contribution >= 0.6 is 11.3 Å². The number of pyridine rings is 1. The average molecular weight is 615 g/mol. The van der Waals surface area contributed by atoms with Crippen LogP contribution in [0.2, 0.25) is 0 Å². The molecule has 4 heterocycles. The average Bonchev–Trinajstić information content (AvgIpc) is 3.35. The zero-order valence-electron chi connectivity index (χ0n) is 25.6. The zero-order valence-corrected chi connectivity index (χ0v) is 26.4. The lowest BCUT2D eigenvalue weighted by Crippen LogP contribution is -2.37. The molecule has 10 heteroatoms. The van der Waals surface area contributed by atoms with Gasteiger partial charge >= 0.3 is 5.97 Å². The molecule has 2 aliphatic carbocycles. The van der Waals surface area contributed by atoms with E-state index in [1.807, 2.05) is 36.2 Å². The molecular weight excluding hydrogens is 576 g/mol. The van der Waals surface area contributed by atoms with Crippen molar-refractivity contribution in [3.05, 3.63) is 47.5 Å². The third-order valence-electron chi connectivity index (χ3n) is 9.46. The van der Waals surface area contributed by atoms with E-state index in [9.17, 15) is 9.59 Å². The lowest BCUT2D eigenvalue weighted by atomic mass is 9.94. The summed E-state index contributed by atoms with van der Waals surface area (Å²) in [5, 5.41) is 3.75. The summed E-state index contributed by atoms with van der Waals surface area (Å²) >= 11 is 1.56. The molecule has 1 spiro atoms. The summed E-state index contributed by atoms with van der Waals surface area (Å²) in [7, 11) is 3.50. The number of fused-ring (bicyclic) bond motifs is 3. The Balaban J connectivity index is 1.23. The van der Waals surface area contributed by atoms with Gasteiger partial charge in [0, 0.05) is 42.4 Å². The fourth-order valence-electron chi connectivity index (χ4n) is 6.73. The first-order chi connectivity index (χ1) is 21.3. The number of hydrogen-bond acceptors (Lipinski definition) is 9. The van der Waals surface area contributed by atoms with Crippen LogP contribution in [0.5, 0.6) is 11.5 Å². The summed E-state index contributed by atoms with van der Waals surface area (Å²) in [6.45, 7) is 4.94. The number of aliphatic imine (C=N–C) groups is 1. The normalized spacial score (nSPS) is 29.1. The fraction of sp³-hybridized carbons (Fsp3) is 0.500. The predicted molar refractivity (Wildman–Crippen MR) is 169 cm³/mol. The number of thiazole rings is 1. The Bertz CT molecular complexity index is 1680. The Morgan fingerprint density at radius 1 is 1.11 bits per heavy atom. The van der Waals surface area contributed by atoms with Gasteiger partial charge in [0.15, 0.2) is 11.4 Å². The second-order valence-electron chi connectivity index (χ2n) is 12.8. The number of aromatic nitrogens is 2. The summed E-state index contributed by atoms with van der Waals surface area (Å²) in [6, 6.07) is 7.71. The zero-order chi connectivity index (χ0) is 30.6. The van der Waals surface area contributed by atoms with Gasteiger partial charge in [-0.1, -0.05) is 26.0 Å². The molecule has 1 amide bonds. The van der Waals surface area contributed by atoms with Crippen molar-refractivity contribution in [2.45, 2.75) is 69.9 Å². The molecule has 1 aromatic carbocycles. The van der Waals surface area contributed by atoms with E-state index in [2.05, 4.69) is 31.4 Å². The number of hydrogen-bond donors (Lipinski definition) is 0. The topological polar surface area (TPSA) is 103 Å². The van der Waals surface area contributed by atoms with Gasteiger partial charge in [-0.2, -0.15) is 0 Å². The highest BCUT2D eigenvalue weighted by atomic mass is 32.1. The SMILES string of the molecule is COc1ccc2c(O[C@H]3C[C@H]4C(=O)N(C)CCCC/C=C\[C@@H]5C[C@@]56N=C(OC6=O)[C@@H]4C3)cc(-c3nc(C(C)C)cs3)nc2c1. The number of benzene rings is 1. The molecule has 0 radical (unpaired) electrons. The number of ether oxygens (including phenoxy) is 3. The Morgan fingerprint density at radius 2 is 1.95 bits per heavy atom. The second kappa shape index (κ2) is 11.3. The number of esters is 1. The Kier molecular flexibility index (Phi) is 7.43. The van der Waals surface area contributed by atoms with E-state index in [4.69, 9.17) is 29.2 Å². The van der Waals surface area contributed by atoms with E-state index in [0.29, 0.717) is 49.1 Å². The first kappa shape index (κ1) is 29.0. The number of amides is 1. The fourth-order valence-corrected chi connectivity index (χ4v) is 7.67. The van der Waals surface area contributed by atoms with Gasteiger partial charge in [0.25, 0.3) is 0 Å². The highest BCUT2D eigenvalue weighted by molar-refractivity contribution is 7.13. The maximum absolute atomic E-state index is 13.9. The van der Waals surface area contributed by atoms with E-state index >= 15 is 0 Å². The molecule has 2 aliphatic heterocycles. The molecule has 2 saturated carbocycles. The van der Waals surface area contributed by atoms with Crippen molar-refractivity contribution in [1.29, 1.82) is 0 Å². The van der Waals surface area contributed by atoms with Crippen LogP contribution in [0.25, 0.3) is 21.6 Å². The third kappa shape index (κ3) is 5.16. The van der Waals surface area contributed by atoms with Gasteiger partial charge in [-0.25, -0.2) is 19.8 Å². The molecule has 7 rings (SSSR count). The molecule has 2 fully saturated rings. The number of allylic oxidation sites excluding steroid dienone is 1. The molecule has 2 bridgehead atoms. The molecule has 3 aromatic rings. The molecule has 9 nitrogen and oxygen atoms in total. The van der Waals surface area contributed by atoms with Gasteiger partial charge in [0.2, 0.25) is 5.91 Å². The molecule has 230 valence electrons. The molecule has 2 aromatic heterocycles. The monoisotopic (exact) mass is 614 g/mol. The molecule has 0 saturated heterocycles. The minimum atomic E-state index is -0.813. The van der Waals surface area contributed by atoms with Gasteiger partial charge in [-0.3, -0.25) is 4.79 Å². The first-order valence-corrected chi connectivity index (χ1v) is 16.5. The Morgan fingerprint density at radius 3 is 2.75 bits per heavy atom. The van der Waals surface area contributed by atoms with Crippen LogP contribution in [0.4, 0.5) is 0 Å². The van der Waals surface area contributed by atoms with Crippen molar-refractivity contribution in [3.8, 4) is 22.2 Å². The lowest BCUT2D eigenvalue weighted by Gasteiger charge is -2.24. The van der Waals surface area contributed by atoms with Crippen LogP contribution < -0.4 is 9.47 Å². The second-order valence-corrected chi connectivity index (χ2v) is 13.7. The summed E-state index contributed by atoms with van der Waals surface area (Å²) in [5.74, 6) is 1.21. The highest BCUT2D eigenvalue weighted by Gasteiger charge is 2.65. The maximum atomic E-state index is 13.9. The maximum Gasteiger partial charge on any atom is 0.341 e. The summed E-state index contributed by atoms with van der Waals surface area (Å²) in [6.07, 6.45) is 8.54. The molecule has 4 aliphatic rings. The standard InChI is InChI=1S/C34H38N4O5S/c1-19(2)28-18-44-31(36-28)27-16-29(23-11-10-21(41-4)15-26(23)35-27)42-22-13-24-25(14-22)32(39)38(3)12-8-6-5-7-9-20-17-34(20)33(40)43-30(24)37-34/h7,9-11,15-16,18-20,22,24-25H,5-6,8,12-14,17H2,1-4H3/b9-7-/t20-,22-,24-,25-,34-/m1/s1. The highest BCUT2D eigenvalue weighted by Crippen LogP contribution is 2.53. The van der Waals surface area contributed by atoms with Crippen LogP contribution in [-0.4, -0.2) is 65.0 Å².